The molecule has 6 heteroatoms. The van der Waals surface area contributed by atoms with Crippen LogP contribution in [0.5, 0.6) is 0 Å². The van der Waals surface area contributed by atoms with E-state index in [1.807, 2.05) is 18.2 Å². The highest BCUT2D eigenvalue weighted by molar-refractivity contribution is 7.99. The van der Waals surface area contributed by atoms with Crippen molar-refractivity contribution in [1.29, 1.82) is 0 Å². The van der Waals surface area contributed by atoms with Crippen molar-refractivity contribution < 1.29 is 9.90 Å². The normalized spacial score (nSPS) is 12.2. The van der Waals surface area contributed by atoms with E-state index in [1.54, 1.807) is 12.4 Å². The van der Waals surface area contributed by atoms with E-state index in [-0.39, 0.29) is 6.42 Å². The Kier molecular flexibility index (Phi) is 2.64. The lowest BCUT2D eigenvalue weighted by Gasteiger charge is -2.19. The topological polar surface area (TPSA) is 75.1 Å². The highest BCUT2D eigenvalue weighted by Crippen LogP contribution is 2.41. The number of carboxylic acids is 1. The molecule has 1 aliphatic heterocycles. The predicted octanol–water partition coefficient (Wildman–Crippen LogP) is 2.31. The van der Waals surface area contributed by atoms with Crippen molar-refractivity contribution in [3.8, 4) is 0 Å². The van der Waals surface area contributed by atoms with Crippen LogP contribution in [-0.4, -0.2) is 21.0 Å². The molecule has 0 amide bonds. The van der Waals surface area contributed by atoms with Crippen molar-refractivity contribution in [3.63, 3.8) is 0 Å². The number of benzene rings is 1. The van der Waals surface area contributed by atoms with E-state index in [9.17, 15) is 4.79 Å². The molecule has 0 unspecified atom stereocenters. The first-order valence-corrected chi connectivity index (χ1v) is 6.14. The first kappa shape index (κ1) is 11.0. The van der Waals surface area contributed by atoms with Gasteiger partial charge in [-0.05, 0) is 17.7 Å². The molecule has 0 saturated heterocycles. The van der Waals surface area contributed by atoms with Gasteiger partial charge in [0.25, 0.3) is 0 Å². The van der Waals surface area contributed by atoms with E-state index >= 15 is 0 Å². The zero-order valence-corrected chi connectivity index (χ0v) is 10.1. The fourth-order valence-corrected chi connectivity index (χ4v) is 2.64. The number of carbonyl (C=O) groups is 1. The van der Waals surface area contributed by atoms with E-state index in [0.29, 0.717) is 5.82 Å². The number of aromatic nitrogens is 2. The minimum absolute atomic E-state index is 0.0208. The Morgan fingerprint density at radius 3 is 3.00 bits per heavy atom. The third-order valence-electron chi connectivity index (χ3n) is 2.52. The van der Waals surface area contributed by atoms with Crippen molar-refractivity contribution >= 4 is 29.2 Å². The van der Waals surface area contributed by atoms with Crippen LogP contribution >= 0.6 is 11.8 Å². The summed E-state index contributed by atoms with van der Waals surface area (Å²) in [6, 6.07) is 5.57. The largest absolute Gasteiger partial charge is 0.481 e. The Morgan fingerprint density at radius 1 is 1.33 bits per heavy atom. The van der Waals surface area contributed by atoms with Gasteiger partial charge in [-0.25, -0.2) is 9.97 Å². The van der Waals surface area contributed by atoms with Crippen LogP contribution in [-0.2, 0) is 11.2 Å². The van der Waals surface area contributed by atoms with Gasteiger partial charge in [0.05, 0.1) is 12.1 Å². The molecule has 3 rings (SSSR count). The monoisotopic (exact) mass is 259 g/mol. The van der Waals surface area contributed by atoms with Gasteiger partial charge >= 0.3 is 5.97 Å². The summed E-state index contributed by atoms with van der Waals surface area (Å²) in [7, 11) is 0. The standard InChI is InChI=1S/C12H9N3O2S/c16-10(17)6-7-1-2-9-8(5-7)15-11-12(18-9)14-4-3-13-11/h1-5H,6H2,(H,13,15)(H,16,17). The number of aliphatic carboxylic acids is 1. The summed E-state index contributed by atoms with van der Waals surface area (Å²) >= 11 is 1.53. The molecule has 0 atom stereocenters. The molecule has 1 aromatic heterocycles. The van der Waals surface area contributed by atoms with Crippen LogP contribution in [0.3, 0.4) is 0 Å². The van der Waals surface area contributed by atoms with E-state index < -0.39 is 5.97 Å². The van der Waals surface area contributed by atoms with E-state index in [4.69, 9.17) is 5.11 Å². The third-order valence-corrected chi connectivity index (χ3v) is 3.59. The van der Waals surface area contributed by atoms with E-state index in [2.05, 4.69) is 15.3 Å². The van der Waals surface area contributed by atoms with Crippen molar-refractivity contribution in [3.05, 3.63) is 36.2 Å². The lowest BCUT2D eigenvalue weighted by atomic mass is 10.1. The second-order valence-corrected chi connectivity index (χ2v) is 4.87. The molecule has 1 aromatic carbocycles. The molecule has 90 valence electrons. The maximum absolute atomic E-state index is 10.7. The van der Waals surface area contributed by atoms with Crippen LogP contribution in [0.4, 0.5) is 11.5 Å². The summed E-state index contributed by atoms with van der Waals surface area (Å²) in [5.74, 6) is -0.124. The van der Waals surface area contributed by atoms with Crippen LogP contribution < -0.4 is 5.32 Å². The zero-order valence-electron chi connectivity index (χ0n) is 9.25. The molecule has 2 heterocycles. The molecule has 0 radical (unpaired) electrons. The highest BCUT2D eigenvalue weighted by atomic mass is 32.2. The highest BCUT2D eigenvalue weighted by Gasteiger charge is 2.17. The van der Waals surface area contributed by atoms with Gasteiger partial charge in [0, 0.05) is 17.3 Å². The molecule has 5 nitrogen and oxygen atoms in total. The molecule has 2 aromatic rings. The molecular weight excluding hydrogens is 250 g/mol. The average molecular weight is 259 g/mol. The molecule has 18 heavy (non-hydrogen) atoms. The summed E-state index contributed by atoms with van der Waals surface area (Å²) < 4.78 is 0. The lowest BCUT2D eigenvalue weighted by molar-refractivity contribution is -0.136. The number of nitrogens with one attached hydrogen (secondary N) is 1. The molecule has 0 bridgehead atoms. The van der Waals surface area contributed by atoms with Crippen molar-refractivity contribution in [1.82, 2.24) is 9.97 Å². The minimum atomic E-state index is -0.835. The van der Waals surface area contributed by atoms with Crippen molar-refractivity contribution in [2.24, 2.45) is 0 Å². The van der Waals surface area contributed by atoms with Crippen LogP contribution in [0.25, 0.3) is 0 Å². The number of hydrogen-bond donors (Lipinski definition) is 2. The van der Waals surface area contributed by atoms with Gasteiger partial charge in [0.2, 0.25) is 0 Å². The fourth-order valence-electron chi connectivity index (χ4n) is 1.77. The number of anilines is 2. The van der Waals surface area contributed by atoms with Gasteiger partial charge < -0.3 is 10.4 Å². The smallest absolute Gasteiger partial charge is 0.307 e. The Balaban J connectivity index is 1.96. The summed E-state index contributed by atoms with van der Waals surface area (Å²) in [5.41, 5.74) is 1.65. The number of fused-ring (bicyclic) bond motifs is 2. The predicted molar refractivity (Wildman–Crippen MR) is 67.2 cm³/mol. The van der Waals surface area contributed by atoms with Crippen molar-refractivity contribution in [2.45, 2.75) is 16.3 Å². The molecule has 2 N–H and O–H groups in total. The molecule has 1 aliphatic rings. The Labute approximate surface area is 107 Å². The fraction of sp³-hybridized carbons (Fsp3) is 0.0833. The van der Waals surface area contributed by atoms with Crippen LogP contribution in [0, 0.1) is 0 Å². The first-order chi connectivity index (χ1) is 8.72. The Morgan fingerprint density at radius 2 is 2.17 bits per heavy atom. The first-order valence-electron chi connectivity index (χ1n) is 5.33. The molecule has 0 fully saturated rings. The summed E-state index contributed by atoms with van der Waals surface area (Å²) in [4.78, 5) is 20.1. The third kappa shape index (κ3) is 2.02. The van der Waals surface area contributed by atoms with Crippen LogP contribution in [0.15, 0.2) is 40.5 Å². The summed E-state index contributed by atoms with van der Waals surface area (Å²) in [6.07, 6.45) is 3.29. The van der Waals surface area contributed by atoms with Gasteiger partial charge in [0.15, 0.2) is 5.82 Å². The molecular formula is C12H9N3O2S. The SMILES string of the molecule is O=C(O)Cc1ccc2c(c1)Nc1nccnc1S2. The second-order valence-electron chi connectivity index (χ2n) is 3.84. The number of hydrogen-bond acceptors (Lipinski definition) is 5. The van der Waals surface area contributed by atoms with Gasteiger partial charge in [-0.2, -0.15) is 0 Å². The van der Waals surface area contributed by atoms with Gasteiger partial charge in [-0.3, -0.25) is 4.79 Å². The van der Waals surface area contributed by atoms with Gasteiger partial charge in [0.1, 0.15) is 5.03 Å². The molecule has 0 spiro atoms. The zero-order chi connectivity index (χ0) is 12.5. The lowest BCUT2D eigenvalue weighted by Crippen LogP contribution is -2.05. The van der Waals surface area contributed by atoms with Gasteiger partial charge in [-0.15, -0.1) is 0 Å². The van der Waals surface area contributed by atoms with Crippen LogP contribution in [0.1, 0.15) is 5.56 Å². The maximum atomic E-state index is 10.7. The molecule has 0 aliphatic carbocycles. The quantitative estimate of drug-likeness (QED) is 0.735. The van der Waals surface area contributed by atoms with Gasteiger partial charge in [-0.1, -0.05) is 17.8 Å². The van der Waals surface area contributed by atoms with E-state index in [1.165, 1.54) is 11.8 Å². The Hall–Kier alpha value is -2.08. The second kappa shape index (κ2) is 4.30. The number of rotatable bonds is 2. The van der Waals surface area contributed by atoms with Crippen LogP contribution in [0.2, 0.25) is 0 Å². The average Bonchev–Trinajstić information content (AvgIpc) is 2.35. The minimum Gasteiger partial charge on any atom is -0.481 e. The number of nitrogens with zero attached hydrogens (tertiary/aromatic N) is 2. The van der Waals surface area contributed by atoms with Crippen molar-refractivity contribution in [2.75, 3.05) is 5.32 Å². The van der Waals surface area contributed by atoms with E-state index in [0.717, 1.165) is 21.2 Å². The maximum Gasteiger partial charge on any atom is 0.307 e. The number of carboxylic acid groups (broad SMARTS) is 1. The Bertz CT molecular complexity index is 630. The summed E-state index contributed by atoms with van der Waals surface area (Å²) in [5, 5.41) is 12.8. The molecule has 0 saturated carbocycles. The summed E-state index contributed by atoms with van der Waals surface area (Å²) in [6.45, 7) is 0.